The lowest BCUT2D eigenvalue weighted by molar-refractivity contribution is 0.866. The first-order chi connectivity index (χ1) is 12.1. The average Bonchev–Trinajstić information content (AvgIpc) is 2.63. The van der Waals surface area contributed by atoms with Gasteiger partial charge in [-0.15, -0.1) is 0 Å². The summed E-state index contributed by atoms with van der Waals surface area (Å²) in [6.07, 6.45) is 6.22. The maximum Gasteiger partial charge on any atom is 0.180 e. The van der Waals surface area contributed by atoms with Crippen LogP contribution in [0.3, 0.4) is 0 Å². The van der Waals surface area contributed by atoms with Crippen LogP contribution in [0.15, 0.2) is 59.5 Å². The molecule has 0 amide bonds. The summed E-state index contributed by atoms with van der Waals surface area (Å²) >= 11 is 0. The molecule has 1 aromatic carbocycles. The first kappa shape index (κ1) is 17.0. The summed E-state index contributed by atoms with van der Waals surface area (Å²) in [6.45, 7) is 6.37. The van der Waals surface area contributed by atoms with Gasteiger partial charge < -0.3 is 9.47 Å². The number of rotatable bonds is 5. The topological polar surface area (TPSA) is 25.2 Å². The zero-order valence-electron chi connectivity index (χ0n) is 15.1. The standard InChI is InChI=1S/C22H24N2O/c1-4-24(5-2)19-10-7-17(8-11-19)6-9-18-14-15-23(3)22-16-20(25)12-13-21(18)22/h6-16H,4-5H2,1-3H3. The Kier molecular flexibility index (Phi) is 5.03. The van der Waals surface area contributed by atoms with E-state index >= 15 is 0 Å². The molecule has 0 fully saturated rings. The van der Waals surface area contributed by atoms with Crippen LogP contribution in [-0.4, -0.2) is 17.7 Å². The SMILES string of the molecule is CCN(CC)c1ccc(C=Cc2ccn(C)c3cc(=O)ccc2-3)cc1. The molecule has 0 N–H and O–H groups in total. The van der Waals surface area contributed by atoms with Crippen molar-refractivity contribution in [1.82, 2.24) is 4.57 Å². The highest BCUT2D eigenvalue weighted by Crippen LogP contribution is 2.25. The number of hydrogen-bond acceptors (Lipinski definition) is 2. The molecule has 0 saturated carbocycles. The van der Waals surface area contributed by atoms with Crippen molar-refractivity contribution in [1.29, 1.82) is 0 Å². The van der Waals surface area contributed by atoms with Crippen molar-refractivity contribution in [3.05, 3.63) is 76.1 Å². The Bertz CT molecular complexity index is 902. The first-order valence-corrected chi connectivity index (χ1v) is 8.75. The fourth-order valence-electron chi connectivity index (χ4n) is 3.13. The molecule has 0 radical (unpaired) electrons. The molecular formula is C22H24N2O. The van der Waals surface area contributed by atoms with E-state index in [0.29, 0.717) is 0 Å². The van der Waals surface area contributed by atoms with E-state index in [4.69, 9.17) is 0 Å². The lowest BCUT2D eigenvalue weighted by Crippen LogP contribution is -2.21. The molecule has 1 aromatic rings. The molecular weight excluding hydrogens is 308 g/mol. The Morgan fingerprint density at radius 2 is 1.68 bits per heavy atom. The second kappa shape index (κ2) is 7.39. The molecule has 2 aliphatic rings. The molecule has 0 saturated heterocycles. The Morgan fingerprint density at radius 1 is 0.960 bits per heavy atom. The van der Waals surface area contributed by atoms with Gasteiger partial charge in [-0.2, -0.15) is 0 Å². The zero-order chi connectivity index (χ0) is 17.8. The van der Waals surface area contributed by atoms with Gasteiger partial charge in [0.25, 0.3) is 0 Å². The molecule has 1 aliphatic heterocycles. The molecule has 0 aromatic heterocycles. The fourth-order valence-corrected chi connectivity index (χ4v) is 3.13. The minimum absolute atomic E-state index is 0.0382. The number of pyridine rings is 1. The second-order valence-corrected chi connectivity index (χ2v) is 6.16. The summed E-state index contributed by atoms with van der Waals surface area (Å²) in [4.78, 5) is 14.0. The summed E-state index contributed by atoms with van der Waals surface area (Å²) in [5.74, 6) is 0. The van der Waals surface area contributed by atoms with Crippen molar-refractivity contribution in [3.8, 4) is 11.3 Å². The van der Waals surface area contributed by atoms with Crippen LogP contribution in [0.4, 0.5) is 5.69 Å². The van der Waals surface area contributed by atoms with Gasteiger partial charge in [-0.05, 0) is 55.3 Å². The van der Waals surface area contributed by atoms with Gasteiger partial charge in [0.05, 0.1) is 5.69 Å². The Labute approximate surface area is 149 Å². The van der Waals surface area contributed by atoms with Crippen LogP contribution in [0.1, 0.15) is 25.0 Å². The smallest absolute Gasteiger partial charge is 0.180 e. The van der Waals surface area contributed by atoms with E-state index in [2.05, 4.69) is 61.2 Å². The molecule has 1 heterocycles. The number of anilines is 1. The third-order valence-electron chi connectivity index (χ3n) is 4.61. The van der Waals surface area contributed by atoms with Crippen LogP contribution in [0, 0.1) is 0 Å². The lowest BCUT2D eigenvalue weighted by Gasteiger charge is -2.20. The highest BCUT2D eigenvalue weighted by Gasteiger charge is 2.08. The van der Waals surface area contributed by atoms with E-state index in [-0.39, 0.29) is 5.43 Å². The number of benzene rings is 2. The van der Waals surface area contributed by atoms with E-state index in [1.54, 1.807) is 12.1 Å². The Balaban J connectivity index is 1.89. The van der Waals surface area contributed by atoms with Crippen LogP contribution < -0.4 is 10.3 Å². The quantitative estimate of drug-likeness (QED) is 0.687. The van der Waals surface area contributed by atoms with Crippen molar-refractivity contribution in [3.63, 3.8) is 0 Å². The van der Waals surface area contributed by atoms with Crippen molar-refractivity contribution in [2.75, 3.05) is 18.0 Å². The molecule has 3 rings (SSSR count). The number of nitrogens with zero attached hydrogens (tertiary/aromatic N) is 2. The number of aryl methyl sites for hydroxylation is 1. The predicted molar refractivity (Wildman–Crippen MR) is 107 cm³/mol. The number of hydrogen-bond donors (Lipinski definition) is 0. The van der Waals surface area contributed by atoms with Crippen LogP contribution in [0.25, 0.3) is 23.4 Å². The maximum atomic E-state index is 11.6. The first-order valence-electron chi connectivity index (χ1n) is 8.75. The summed E-state index contributed by atoms with van der Waals surface area (Å²) in [5, 5.41) is 0. The molecule has 1 aliphatic carbocycles. The summed E-state index contributed by atoms with van der Waals surface area (Å²) in [5.41, 5.74) is 5.60. The van der Waals surface area contributed by atoms with Gasteiger partial charge >= 0.3 is 0 Å². The molecule has 25 heavy (non-hydrogen) atoms. The Hall–Kier alpha value is -2.81. The molecule has 0 unspecified atom stereocenters. The molecule has 3 nitrogen and oxygen atoms in total. The fraction of sp³-hybridized carbons (Fsp3) is 0.227. The third-order valence-corrected chi connectivity index (χ3v) is 4.61. The molecule has 0 atom stereocenters. The van der Waals surface area contributed by atoms with E-state index in [0.717, 1.165) is 35.5 Å². The van der Waals surface area contributed by atoms with Gasteiger partial charge in [0.15, 0.2) is 5.43 Å². The van der Waals surface area contributed by atoms with Gasteiger partial charge in [0.2, 0.25) is 0 Å². The summed E-state index contributed by atoms with van der Waals surface area (Å²) in [7, 11) is 1.96. The van der Waals surface area contributed by atoms with E-state index in [9.17, 15) is 4.79 Å². The highest BCUT2D eigenvalue weighted by molar-refractivity contribution is 5.80. The van der Waals surface area contributed by atoms with Crippen LogP contribution in [0.2, 0.25) is 0 Å². The zero-order valence-corrected chi connectivity index (χ0v) is 15.1. The number of aromatic nitrogens is 1. The summed E-state index contributed by atoms with van der Waals surface area (Å²) in [6, 6.07) is 15.9. The average molecular weight is 332 g/mol. The largest absolute Gasteiger partial charge is 0.372 e. The van der Waals surface area contributed by atoms with Gasteiger partial charge in [-0.25, -0.2) is 0 Å². The molecule has 0 spiro atoms. The lowest BCUT2D eigenvalue weighted by atomic mass is 10.0. The highest BCUT2D eigenvalue weighted by atomic mass is 16.1. The van der Waals surface area contributed by atoms with Crippen molar-refractivity contribution >= 4 is 17.8 Å². The van der Waals surface area contributed by atoms with Gasteiger partial charge in [0.1, 0.15) is 0 Å². The maximum absolute atomic E-state index is 11.6. The second-order valence-electron chi connectivity index (χ2n) is 6.16. The van der Waals surface area contributed by atoms with Crippen molar-refractivity contribution in [2.24, 2.45) is 7.05 Å². The van der Waals surface area contributed by atoms with Crippen LogP contribution >= 0.6 is 0 Å². The normalized spacial score (nSPS) is 11.3. The minimum Gasteiger partial charge on any atom is -0.372 e. The van der Waals surface area contributed by atoms with Gasteiger partial charge in [-0.3, -0.25) is 4.79 Å². The van der Waals surface area contributed by atoms with Crippen LogP contribution in [0.5, 0.6) is 0 Å². The Morgan fingerprint density at radius 3 is 2.36 bits per heavy atom. The third kappa shape index (κ3) is 3.66. The van der Waals surface area contributed by atoms with E-state index < -0.39 is 0 Å². The number of fused-ring (bicyclic) bond motifs is 1. The van der Waals surface area contributed by atoms with Crippen LogP contribution in [-0.2, 0) is 7.05 Å². The van der Waals surface area contributed by atoms with Gasteiger partial charge in [-0.1, -0.05) is 24.3 Å². The predicted octanol–water partition coefficient (Wildman–Crippen LogP) is 4.51. The van der Waals surface area contributed by atoms with Crippen molar-refractivity contribution < 1.29 is 0 Å². The van der Waals surface area contributed by atoms with Crippen molar-refractivity contribution in [2.45, 2.75) is 13.8 Å². The van der Waals surface area contributed by atoms with E-state index in [1.165, 1.54) is 5.69 Å². The molecule has 0 bridgehead atoms. The minimum atomic E-state index is 0.0382. The molecule has 3 heteroatoms. The summed E-state index contributed by atoms with van der Waals surface area (Å²) < 4.78 is 1.98. The van der Waals surface area contributed by atoms with Gasteiger partial charge in [0, 0.05) is 43.7 Å². The monoisotopic (exact) mass is 332 g/mol. The van der Waals surface area contributed by atoms with E-state index in [1.807, 2.05) is 23.9 Å². The molecule has 128 valence electrons.